The van der Waals surface area contributed by atoms with Crippen LogP contribution < -0.4 is 15.5 Å². The fraction of sp³-hybridized carbons (Fsp3) is 0.750. The van der Waals surface area contributed by atoms with Crippen LogP contribution in [0.15, 0.2) is 4.79 Å². The number of aromatic nitrogens is 3. The summed E-state index contributed by atoms with van der Waals surface area (Å²) in [6.07, 6.45) is 3.60. The first-order chi connectivity index (χ1) is 8.79. The molecule has 0 spiro atoms. The Morgan fingerprint density at radius 1 is 1.05 bits per heavy atom. The molecule has 1 fully saturated rings. The summed E-state index contributed by atoms with van der Waals surface area (Å²) in [6, 6.07) is 0. The number of halogens is 1. The zero-order chi connectivity index (χ0) is 12.5. The van der Waals surface area contributed by atoms with Gasteiger partial charge in [0.15, 0.2) is 0 Å². The third kappa shape index (κ3) is 2.54. The average molecular weight is 286 g/mol. The average Bonchev–Trinajstić information content (AvgIpc) is 2.83. The molecule has 6 nitrogen and oxygen atoms in total. The van der Waals surface area contributed by atoms with E-state index in [4.69, 9.17) is 0 Å². The summed E-state index contributed by atoms with van der Waals surface area (Å²) < 4.78 is 1.68. The van der Waals surface area contributed by atoms with Gasteiger partial charge < -0.3 is 9.80 Å². The van der Waals surface area contributed by atoms with Gasteiger partial charge in [-0.1, -0.05) is 0 Å². The van der Waals surface area contributed by atoms with Gasteiger partial charge in [0.1, 0.15) is 0 Å². The van der Waals surface area contributed by atoms with Gasteiger partial charge in [0.25, 0.3) is 0 Å². The van der Waals surface area contributed by atoms with Crippen LogP contribution in [0.2, 0.25) is 0 Å². The highest BCUT2D eigenvalue weighted by Gasteiger charge is 2.24. The summed E-state index contributed by atoms with van der Waals surface area (Å²) >= 11 is 0. The maximum Gasteiger partial charge on any atom is 0.353 e. The van der Waals surface area contributed by atoms with Crippen LogP contribution in [0.25, 0.3) is 0 Å². The molecule has 0 saturated carbocycles. The summed E-state index contributed by atoms with van der Waals surface area (Å²) in [4.78, 5) is 25.0. The number of rotatable bonds is 2. The maximum atomic E-state index is 12.0. The van der Waals surface area contributed by atoms with Crippen molar-refractivity contribution < 1.29 is 0 Å². The van der Waals surface area contributed by atoms with Crippen molar-refractivity contribution in [1.82, 2.24) is 14.5 Å². The molecule has 0 N–H and O–H groups in total. The highest BCUT2D eigenvalue weighted by molar-refractivity contribution is 5.85. The Kier molecular flexibility index (Phi) is 4.29. The number of hydrogen-bond donors (Lipinski definition) is 0. The minimum atomic E-state index is -0.156. The van der Waals surface area contributed by atoms with Crippen molar-refractivity contribution in [2.24, 2.45) is 0 Å². The number of likely N-dealkylation sites (N-methyl/N-ethyl adjacent to an activating group) is 1. The van der Waals surface area contributed by atoms with Crippen LogP contribution in [0.1, 0.15) is 26.2 Å². The molecule has 0 radical (unpaired) electrons. The molecule has 0 atom stereocenters. The second-order valence-corrected chi connectivity index (χ2v) is 4.89. The van der Waals surface area contributed by atoms with Crippen molar-refractivity contribution in [2.75, 3.05) is 36.0 Å². The topological polar surface area (TPSA) is 54.3 Å². The first-order valence-electron chi connectivity index (χ1n) is 6.78. The Morgan fingerprint density at radius 2 is 1.79 bits per heavy atom. The number of hydrogen-bond acceptors (Lipinski definition) is 5. The van der Waals surface area contributed by atoms with Gasteiger partial charge in [-0.05, 0) is 26.2 Å². The van der Waals surface area contributed by atoms with Crippen LogP contribution in [0.4, 0.5) is 11.9 Å². The molecule has 106 valence electrons. The Balaban J connectivity index is 0.00000133. The molecule has 0 unspecified atom stereocenters. The van der Waals surface area contributed by atoms with Crippen LogP contribution in [-0.2, 0) is 6.54 Å². The van der Waals surface area contributed by atoms with E-state index in [9.17, 15) is 4.79 Å². The standard InChI is InChI=1S/C12H19N5O.ClH/c1-2-15-8-9-17-11(15)13-10(14-12(17)18)16-6-4-3-5-7-16;/h2-9H2,1H3;1H. The number of fused-ring (bicyclic) bond motifs is 1. The summed E-state index contributed by atoms with van der Waals surface area (Å²) in [5.74, 6) is 1.41. The molecule has 0 amide bonds. The smallest absolute Gasteiger partial charge is 0.341 e. The van der Waals surface area contributed by atoms with E-state index in [2.05, 4.69) is 26.7 Å². The highest BCUT2D eigenvalue weighted by Crippen LogP contribution is 2.20. The number of anilines is 2. The molecule has 1 aromatic rings. The van der Waals surface area contributed by atoms with Crippen molar-refractivity contribution in [1.29, 1.82) is 0 Å². The first-order valence-corrected chi connectivity index (χ1v) is 6.78. The lowest BCUT2D eigenvalue weighted by atomic mass is 10.1. The van der Waals surface area contributed by atoms with Gasteiger partial charge in [0.2, 0.25) is 11.9 Å². The molecule has 0 aliphatic carbocycles. The Labute approximate surface area is 118 Å². The lowest BCUT2D eigenvalue weighted by Crippen LogP contribution is -2.35. The SMILES string of the molecule is CCN1CCn2c1nc(N1CCCCC1)nc2=O.Cl. The third-order valence-corrected chi connectivity index (χ3v) is 3.76. The van der Waals surface area contributed by atoms with E-state index in [1.165, 1.54) is 19.3 Å². The van der Waals surface area contributed by atoms with Crippen molar-refractivity contribution in [2.45, 2.75) is 32.7 Å². The maximum absolute atomic E-state index is 12.0. The number of nitrogens with zero attached hydrogens (tertiary/aromatic N) is 5. The quantitative estimate of drug-likeness (QED) is 0.808. The molecule has 0 aromatic carbocycles. The van der Waals surface area contributed by atoms with Crippen molar-refractivity contribution >= 4 is 24.3 Å². The normalized spacial score (nSPS) is 18.2. The van der Waals surface area contributed by atoms with Gasteiger partial charge in [-0.25, -0.2) is 4.79 Å². The molecule has 1 aromatic heterocycles. The monoisotopic (exact) mass is 285 g/mol. The first kappa shape index (κ1) is 14.1. The van der Waals surface area contributed by atoms with Crippen LogP contribution in [0, 0.1) is 0 Å². The van der Waals surface area contributed by atoms with E-state index < -0.39 is 0 Å². The molecule has 3 rings (SSSR count). The molecule has 19 heavy (non-hydrogen) atoms. The predicted molar refractivity (Wildman–Crippen MR) is 77.5 cm³/mol. The molecule has 2 aliphatic heterocycles. The van der Waals surface area contributed by atoms with E-state index in [0.717, 1.165) is 32.1 Å². The van der Waals surface area contributed by atoms with Crippen molar-refractivity contribution in [3.63, 3.8) is 0 Å². The fourth-order valence-electron chi connectivity index (χ4n) is 2.70. The zero-order valence-electron chi connectivity index (χ0n) is 11.2. The number of piperidine rings is 1. The zero-order valence-corrected chi connectivity index (χ0v) is 12.0. The van der Waals surface area contributed by atoms with Crippen molar-refractivity contribution in [3.05, 3.63) is 10.5 Å². The van der Waals surface area contributed by atoms with Gasteiger partial charge in [-0.15, -0.1) is 12.4 Å². The van der Waals surface area contributed by atoms with E-state index in [0.29, 0.717) is 12.5 Å². The third-order valence-electron chi connectivity index (χ3n) is 3.76. The molecule has 2 aliphatic rings. The van der Waals surface area contributed by atoms with E-state index >= 15 is 0 Å². The minimum absolute atomic E-state index is 0. The molecule has 0 bridgehead atoms. The van der Waals surface area contributed by atoms with Crippen LogP contribution in [0.5, 0.6) is 0 Å². The second-order valence-electron chi connectivity index (χ2n) is 4.89. The van der Waals surface area contributed by atoms with Gasteiger partial charge in [0, 0.05) is 32.7 Å². The summed E-state index contributed by atoms with van der Waals surface area (Å²) in [6.45, 7) is 6.48. The van der Waals surface area contributed by atoms with Gasteiger partial charge in [0.05, 0.1) is 0 Å². The summed E-state index contributed by atoms with van der Waals surface area (Å²) in [7, 11) is 0. The molecule has 7 heteroatoms. The largest absolute Gasteiger partial charge is 0.353 e. The van der Waals surface area contributed by atoms with E-state index in [1.807, 2.05) is 0 Å². The van der Waals surface area contributed by atoms with Gasteiger partial charge in [-0.2, -0.15) is 9.97 Å². The second kappa shape index (κ2) is 5.77. The van der Waals surface area contributed by atoms with Crippen LogP contribution in [0.3, 0.4) is 0 Å². The molecule has 3 heterocycles. The van der Waals surface area contributed by atoms with E-state index in [1.54, 1.807) is 4.57 Å². The summed E-state index contributed by atoms with van der Waals surface area (Å²) in [5.41, 5.74) is -0.156. The van der Waals surface area contributed by atoms with Crippen LogP contribution in [-0.4, -0.2) is 40.7 Å². The summed E-state index contributed by atoms with van der Waals surface area (Å²) in [5, 5.41) is 0. The highest BCUT2D eigenvalue weighted by atomic mass is 35.5. The van der Waals surface area contributed by atoms with E-state index in [-0.39, 0.29) is 18.1 Å². The van der Waals surface area contributed by atoms with Gasteiger partial charge >= 0.3 is 5.69 Å². The Bertz CT molecular complexity index is 497. The minimum Gasteiger partial charge on any atom is -0.341 e. The lowest BCUT2D eigenvalue weighted by Gasteiger charge is -2.27. The fourth-order valence-corrected chi connectivity index (χ4v) is 2.70. The van der Waals surface area contributed by atoms with Crippen LogP contribution >= 0.6 is 12.4 Å². The Morgan fingerprint density at radius 3 is 2.47 bits per heavy atom. The molecular weight excluding hydrogens is 266 g/mol. The molecular formula is C12H20ClN5O. The van der Waals surface area contributed by atoms with Crippen molar-refractivity contribution in [3.8, 4) is 0 Å². The lowest BCUT2D eigenvalue weighted by molar-refractivity contribution is 0.563. The predicted octanol–water partition coefficient (Wildman–Crippen LogP) is 0.890. The Hall–Kier alpha value is -1.30. The molecule has 1 saturated heterocycles. The van der Waals surface area contributed by atoms with Gasteiger partial charge in [-0.3, -0.25) is 4.57 Å².